The third-order valence-corrected chi connectivity index (χ3v) is 5.46. The van der Waals surface area contributed by atoms with Gasteiger partial charge in [0.25, 0.3) is 0 Å². The topological polar surface area (TPSA) is 32.5 Å². The van der Waals surface area contributed by atoms with Gasteiger partial charge < -0.3 is 10.6 Å². The first-order valence-corrected chi connectivity index (χ1v) is 8.84. The molecule has 0 radical (unpaired) electrons. The molecule has 3 rings (SSSR count). The average Bonchev–Trinajstić information content (AvgIpc) is 2.94. The standard InChI is InChI=1S/C17H25N3S/c1-2-7-19-8-10-20(11-9-19)16(12-18)15-13-21-17-6-4-3-5-14(15)17/h3-6,13,16H,2,7-12,18H2,1H3. The first-order valence-electron chi connectivity index (χ1n) is 7.96. The van der Waals surface area contributed by atoms with E-state index in [2.05, 4.69) is 46.4 Å². The maximum absolute atomic E-state index is 6.13. The van der Waals surface area contributed by atoms with E-state index in [1.54, 1.807) is 0 Å². The van der Waals surface area contributed by atoms with E-state index in [9.17, 15) is 0 Å². The van der Waals surface area contributed by atoms with Crippen molar-refractivity contribution in [3.8, 4) is 0 Å². The summed E-state index contributed by atoms with van der Waals surface area (Å²) in [4.78, 5) is 5.14. The summed E-state index contributed by atoms with van der Waals surface area (Å²) >= 11 is 1.84. The highest BCUT2D eigenvalue weighted by Gasteiger charge is 2.25. The summed E-state index contributed by atoms with van der Waals surface area (Å²) in [6.07, 6.45) is 1.25. The summed E-state index contributed by atoms with van der Waals surface area (Å²) in [5.41, 5.74) is 7.55. The molecule has 4 heteroatoms. The second kappa shape index (κ2) is 6.88. The average molecular weight is 303 g/mol. The molecule has 1 aromatic carbocycles. The van der Waals surface area contributed by atoms with E-state index >= 15 is 0 Å². The van der Waals surface area contributed by atoms with E-state index in [0.717, 1.165) is 13.1 Å². The number of hydrogen-bond donors (Lipinski definition) is 1. The summed E-state index contributed by atoms with van der Waals surface area (Å²) < 4.78 is 1.37. The lowest BCUT2D eigenvalue weighted by Gasteiger charge is -2.39. The van der Waals surface area contributed by atoms with Gasteiger partial charge in [-0.1, -0.05) is 25.1 Å². The fourth-order valence-electron chi connectivity index (χ4n) is 3.34. The van der Waals surface area contributed by atoms with Crippen LogP contribution in [0.2, 0.25) is 0 Å². The van der Waals surface area contributed by atoms with Gasteiger partial charge in [-0.15, -0.1) is 11.3 Å². The Morgan fingerprint density at radius 2 is 1.95 bits per heavy atom. The summed E-state index contributed by atoms with van der Waals surface area (Å²) in [6.45, 7) is 8.79. The Balaban J connectivity index is 1.76. The van der Waals surface area contributed by atoms with E-state index in [4.69, 9.17) is 5.73 Å². The van der Waals surface area contributed by atoms with Crippen LogP contribution in [0.5, 0.6) is 0 Å². The van der Waals surface area contributed by atoms with Gasteiger partial charge in [0, 0.05) is 43.5 Å². The van der Waals surface area contributed by atoms with Gasteiger partial charge in [-0.25, -0.2) is 0 Å². The van der Waals surface area contributed by atoms with Crippen LogP contribution < -0.4 is 5.73 Å². The second-order valence-corrected chi connectivity index (χ2v) is 6.73. The Hall–Kier alpha value is -0.940. The number of benzene rings is 1. The molecule has 0 spiro atoms. The summed E-state index contributed by atoms with van der Waals surface area (Å²) in [5, 5.41) is 3.69. The molecule has 0 bridgehead atoms. The van der Waals surface area contributed by atoms with Crippen LogP contribution in [-0.4, -0.2) is 49.1 Å². The lowest BCUT2D eigenvalue weighted by molar-refractivity contribution is 0.0992. The van der Waals surface area contributed by atoms with Gasteiger partial charge in [0.1, 0.15) is 0 Å². The number of rotatable bonds is 5. The van der Waals surface area contributed by atoms with Crippen LogP contribution >= 0.6 is 11.3 Å². The lowest BCUT2D eigenvalue weighted by atomic mass is 10.0. The van der Waals surface area contributed by atoms with Crippen molar-refractivity contribution in [2.45, 2.75) is 19.4 Å². The zero-order valence-electron chi connectivity index (χ0n) is 12.8. The maximum atomic E-state index is 6.13. The van der Waals surface area contributed by atoms with Gasteiger partial charge in [-0.3, -0.25) is 4.90 Å². The Morgan fingerprint density at radius 1 is 1.19 bits per heavy atom. The van der Waals surface area contributed by atoms with E-state index in [1.807, 2.05) is 11.3 Å². The zero-order chi connectivity index (χ0) is 14.7. The van der Waals surface area contributed by atoms with E-state index in [1.165, 1.54) is 41.7 Å². The molecule has 1 atom stereocenters. The number of thiophene rings is 1. The molecule has 3 nitrogen and oxygen atoms in total. The highest BCUT2D eigenvalue weighted by Crippen LogP contribution is 2.33. The lowest BCUT2D eigenvalue weighted by Crippen LogP contribution is -2.49. The molecule has 0 saturated carbocycles. The first-order chi connectivity index (χ1) is 10.3. The molecule has 0 amide bonds. The monoisotopic (exact) mass is 303 g/mol. The molecule has 1 aromatic heterocycles. The Kier molecular flexibility index (Phi) is 4.91. The smallest absolute Gasteiger partial charge is 0.0485 e. The second-order valence-electron chi connectivity index (χ2n) is 5.82. The molecule has 2 aromatic rings. The van der Waals surface area contributed by atoms with Gasteiger partial charge in [0.15, 0.2) is 0 Å². The first kappa shape index (κ1) is 15.0. The molecule has 2 N–H and O–H groups in total. The molecular weight excluding hydrogens is 278 g/mol. The van der Waals surface area contributed by atoms with Gasteiger partial charge in [0.2, 0.25) is 0 Å². The molecule has 1 saturated heterocycles. The zero-order valence-corrected chi connectivity index (χ0v) is 13.6. The van der Waals surface area contributed by atoms with Crippen LogP contribution in [0.15, 0.2) is 29.6 Å². The van der Waals surface area contributed by atoms with Crippen LogP contribution in [0.1, 0.15) is 24.9 Å². The van der Waals surface area contributed by atoms with Crippen LogP contribution in [0, 0.1) is 0 Å². The quantitative estimate of drug-likeness (QED) is 0.922. The van der Waals surface area contributed by atoms with E-state index in [-0.39, 0.29) is 0 Å². The van der Waals surface area contributed by atoms with Gasteiger partial charge in [-0.2, -0.15) is 0 Å². The van der Waals surface area contributed by atoms with E-state index < -0.39 is 0 Å². The molecule has 1 aliphatic rings. The number of piperazine rings is 1. The fourth-order valence-corrected chi connectivity index (χ4v) is 4.35. The van der Waals surface area contributed by atoms with Crippen molar-refractivity contribution in [3.63, 3.8) is 0 Å². The molecule has 114 valence electrons. The predicted molar refractivity (Wildman–Crippen MR) is 91.9 cm³/mol. The predicted octanol–water partition coefficient (Wildman–Crippen LogP) is 2.93. The van der Waals surface area contributed by atoms with Crippen molar-refractivity contribution in [2.75, 3.05) is 39.3 Å². The maximum Gasteiger partial charge on any atom is 0.0485 e. The normalized spacial score (nSPS) is 19.1. The third kappa shape index (κ3) is 3.14. The van der Waals surface area contributed by atoms with Crippen LogP contribution in [0.25, 0.3) is 10.1 Å². The van der Waals surface area contributed by atoms with E-state index in [0.29, 0.717) is 12.6 Å². The number of hydrogen-bond acceptors (Lipinski definition) is 4. The highest BCUT2D eigenvalue weighted by molar-refractivity contribution is 7.17. The summed E-state index contributed by atoms with van der Waals surface area (Å²) in [6, 6.07) is 9.05. The Morgan fingerprint density at radius 3 is 2.67 bits per heavy atom. The molecule has 1 aliphatic heterocycles. The number of fused-ring (bicyclic) bond motifs is 1. The van der Waals surface area contributed by atoms with Crippen molar-refractivity contribution in [3.05, 3.63) is 35.2 Å². The fraction of sp³-hybridized carbons (Fsp3) is 0.529. The molecule has 2 heterocycles. The number of nitrogens with zero attached hydrogens (tertiary/aromatic N) is 2. The minimum absolute atomic E-state index is 0.366. The minimum atomic E-state index is 0.366. The summed E-state index contributed by atoms with van der Waals surface area (Å²) in [7, 11) is 0. The molecule has 21 heavy (non-hydrogen) atoms. The molecular formula is C17H25N3S. The van der Waals surface area contributed by atoms with Crippen LogP contribution in [0.3, 0.4) is 0 Å². The van der Waals surface area contributed by atoms with Crippen LogP contribution in [-0.2, 0) is 0 Å². The van der Waals surface area contributed by atoms with Gasteiger partial charge >= 0.3 is 0 Å². The molecule has 1 fully saturated rings. The van der Waals surface area contributed by atoms with Crippen molar-refractivity contribution in [2.24, 2.45) is 5.73 Å². The molecule has 0 aliphatic carbocycles. The Bertz CT molecular complexity index is 572. The molecule has 1 unspecified atom stereocenters. The third-order valence-electron chi connectivity index (χ3n) is 4.48. The van der Waals surface area contributed by atoms with Gasteiger partial charge in [0.05, 0.1) is 0 Å². The largest absolute Gasteiger partial charge is 0.329 e. The van der Waals surface area contributed by atoms with Gasteiger partial charge in [-0.05, 0) is 35.4 Å². The number of nitrogens with two attached hydrogens (primary N) is 1. The summed E-state index contributed by atoms with van der Waals surface area (Å²) in [5.74, 6) is 0. The van der Waals surface area contributed by atoms with Crippen molar-refractivity contribution in [1.29, 1.82) is 0 Å². The highest BCUT2D eigenvalue weighted by atomic mass is 32.1. The van der Waals surface area contributed by atoms with Crippen molar-refractivity contribution >= 4 is 21.4 Å². The van der Waals surface area contributed by atoms with Crippen molar-refractivity contribution in [1.82, 2.24) is 9.80 Å². The van der Waals surface area contributed by atoms with Crippen molar-refractivity contribution < 1.29 is 0 Å². The Labute approximate surface area is 131 Å². The SMILES string of the molecule is CCCN1CCN(C(CN)c2csc3ccccc23)CC1. The van der Waals surface area contributed by atoms with Crippen LogP contribution in [0.4, 0.5) is 0 Å². The minimum Gasteiger partial charge on any atom is -0.329 e.